The van der Waals surface area contributed by atoms with Gasteiger partial charge in [0.05, 0.1) is 12.9 Å². The average Bonchev–Trinajstić information content (AvgIpc) is 2.69. The normalized spacial score (nSPS) is 14.3. The van der Waals surface area contributed by atoms with Gasteiger partial charge in [-0.1, -0.05) is 0 Å². The minimum absolute atomic E-state index is 0.0759. The van der Waals surface area contributed by atoms with Crippen LogP contribution in [0.25, 0.3) is 0 Å². The Morgan fingerprint density at radius 3 is 2.73 bits per heavy atom. The highest BCUT2D eigenvalue weighted by atomic mass is 16.5. The van der Waals surface area contributed by atoms with Gasteiger partial charge < -0.3 is 14.3 Å². The van der Waals surface area contributed by atoms with Crippen LogP contribution in [0.5, 0.6) is 0 Å². The Balaban J connectivity index is 2.86. The molecule has 0 aliphatic heterocycles. The lowest BCUT2D eigenvalue weighted by molar-refractivity contribution is -0.158. The first-order chi connectivity index (χ1) is 7.00. The molecule has 1 atom stereocenters. The SMILES string of the molecule is CCOC(=O)C(C)(O)C(=O)c1ccco1. The van der Waals surface area contributed by atoms with Gasteiger partial charge in [0.25, 0.3) is 0 Å². The molecule has 15 heavy (non-hydrogen) atoms. The number of furan rings is 1. The molecule has 0 saturated heterocycles. The van der Waals surface area contributed by atoms with E-state index in [4.69, 9.17) is 4.42 Å². The fraction of sp³-hybridized carbons (Fsp3) is 0.400. The molecule has 1 rings (SSSR count). The van der Waals surface area contributed by atoms with Crippen LogP contribution < -0.4 is 0 Å². The molecule has 0 aromatic carbocycles. The maximum Gasteiger partial charge on any atom is 0.346 e. The summed E-state index contributed by atoms with van der Waals surface area (Å²) < 4.78 is 9.37. The Hall–Kier alpha value is -1.62. The molecule has 5 nitrogen and oxygen atoms in total. The smallest absolute Gasteiger partial charge is 0.346 e. The summed E-state index contributed by atoms with van der Waals surface area (Å²) in [5.41, 5.74) is -2.20. The van der Waals surface area contributed by atoms with E-state index in [1.807, 2.05) is 0 Å². The summed E-state index contributed by atoms with van der Waals surface area (Å²) in [4.78, 5) is 22.9. The molecule has 0 aliphatic rings. The fourth-order valence-corrected chi connectivity index (χ4v) is 1.01. The predicted molar refractivity (Wildman–Crippen MR) is 50.3 cm³/mol. The second-order valence-electron chi connectivity index (χ2n) is 3.10. The number of hydrogen-bond donors (Lipinski definition) is 1. The first-order valence-corrected chi connectivity index (χ1v) is 4.48. The molecular weight excluding hydrogens is 200 g/mol. The number of hydrogen-bond acceptors (Lipinski definition) is 5. The van der Waals surface area contributed by atoms with E-state index in [-0.39, 0.29) is 12.4 Å². The highest BCUT2D eigenvalue weighted by molar-refractivity contribution is 6.13. The number of rotatable bonds is 4. The summed E-state index contributed by atoms with van der Waals surface area (Å²) in [6, 6.07) is 2.87. The third-order valence-electron chi connectivity index (χ3n) is 1.86. The Labute approximate surface area is 86.6 Å². The maximum atomic E-state index is 11.6. The van der Waals surface area contributed by atoms with Crippen LogP contribution in [0.4, 0.5) is 0 Å². The van der Waals surface area contributed by atoms with E-state index in [0.717, 1.165) is 6.92 Å². The molecule has 0 saturated carbocycles. The molecule has 5 heteroatoms. The van der Waals surface area contributed by atoms with Gasteiger partial charge in [0, 0.05) is 0 Å². The molecule has 0 aliphatic carbocycles. The van der Waals surface area contributed by atoms with Crippen LogP contribution in [0.3, 0.4) is 0 Å². The van der Waals surface area contributed by atoms with Crippen molar-refractivity contribution in [2.24, 2.45) is 0 Å². The molecule has 82 valence electrons. The minimum Gasteiger partial charge on any atom is -0.464 e. The Bertz CT molecular complexity index is 350. The van der Waals surface area contributed by atoms with E-state index in [0.29, 0.717) is 0 Å². The van der Waals surface area contributed by atoms with Crippen LogP contribution >= 0.6 is 0 Å². The predicted octanol–water partition coefficient (Wildman–Crippen LogP) is 0.776. The van der Waals surface area contributed by atoms with Crippen molar-refractivity contribution >= 4 is 11.8 Å². The highest BCUT2D eigenvalue weighted by Gasteiger charge is 2.42. The van der Waals surface area contributed by atoms with Crippen LogP contribution in [0.15, 0.2) is 22.8 Å². The summed E-state index contributed by atoms with van der Waals surface area (Å²) >= 11 is 0. The molecule has 1 unspecified atom stereocenters. The van der Waals surface area contributed by atoms with Crippen molar-refractivity contribution in [3.05, 3.63) is 24.2 Å². The highest BCUT2D eigenvalue weighted by Crippen LogP contribution is 2.15. The summed E-state index contributed by atoms with van der Waals surface area (Å²) in [5, 5.41) is 9.67. The number of aliphatic hydroxyl groups is 1. The van der Waals surface area contributed by atoms with Gasteiger partial charge in [-0.25, -0.2) is 4.79 Å². The van der Waals surface area contributed by atoms with Crippen LogP contribution in [0.2, 0.25) is 0 Å². The molecule has 1 heterocycles. The van der Waals surface area contributed by atoms with Crippen LogP contribution in [-0.2, 0) is 9.53 Å². The molecule has 0 bridgehead atoms. The number of carbonyl (C=O) groups excluding carboxylic acids is 2. The van der Waals surface area contributed by atoms with E-state index in [2.05, 4.69) is 4.74 Å². The molecule has 0 amide bonds. The Morgan fingerprint density at radius 1 is 1.60 bits per heavy atom. The topological polar surface area (TPSA) is 76.7 Å². The number of carbonyl (C=O) groups is 2. The monoisotopic (exact) mass is 212 g/mol. The molecule has 0 radical (unpaired) electrons. The third kappa shape index (κ3) is 2.24. The van der Waals surface area contributed by atoms with E-state index in [9.17, 15) is 14.7 Å². The van der Waals surface area contributed by atoms with Crippen LogP contribution in [0.1, 0.15) is 24.4 Å². The lowest BCUT2D eigenvalue weighted by Gasteiger charge is -2.17. The molecule has 1 N–H and O–H groups in total. The van der Waals surface area contributed by atoms with Gasteiger partial charge >= 0.3 is 5.97 Å². The molecular formula is C10H12O5. The van der Waals surface area contributed by atoms with Gasteiger partial charge in [0.2, 0.25) is 11.4 Å². The molecule has 0 spiro atoms. The van der Waals surface area contributed by atoms with Gasteiger partial charge in [-0.3, -0.25) is 4.79 Å². The first-order valence-electron chi connectivity index (χ1n) is 4.48. The third-order valence-corrected chi connectivity index (χ3v) is 1.86. The minimum atomic E-state index is -2.20. The van der Waals surface area contributed by atoms with Crippen molar-refractivity contribution in [2.45, 2.75) is 19.4 Å². The van der Waals surface area contributed by atoms with Crippen molar-refractivity contribution in [1.82, 2.24) is 0 Å². The van der Waals surface area contributed by atoms with Crippen molar-refractivity contribution in [3.8, 4) is 0 Å². The summed E-state index contributed by atoms with van der Waals surface area (Å²) in [5.74, 6) is -1.87. The van der Waals surface area contributed by atoms with Crippen molar-refractivity contribution in [3.63, 3.8) is 0 Å². The fourth-order valence-electron chi connectivity index (χ4n) is 1.01. The second kappa shape index (κ2) is 4.27. The number of esters is 1. The largest absolute Gasteiger partial charge is 0.464 e. The van der Waals surface area contributed by atoms with Gasteiger partial charge in [0.15, 0.2) is 5.76 Å². The van der Waals surface area contributed by atoms with Gasteiger partial charge in [-0.2, -0.15) is 0 Å². The quantitative estimate of drug-likeness (QED) is 0.453. The van der Waals surface area contributed by atoms with Crippen molar-refractivity contribution < 1.29 is 23.8 Å². The molecule has 0 fully saturated rings. The number of ketones is 1. The summed E-state index contributed by atoms with van der Waals surface area (Å²) in [6.45, 7) is 2.77. The van der Waals surface area contributed by atoms with Crippen molar-refractivity contribution in [2.75, 3.05) is 6.61 Å². The van der Waals surface area contributed by atoms with E-state index in [1.165, 1.54) is 18.4 Å². The number of ether oxygens (including phenoxy) is 1. The molecule has 1 aromatic rings. The lowest BCUT2D eigenvalue weighted by atomic mass is 9.99. The average molecular weight is 212 g/mol. The van der Waals surface area contributed by atoms with Gasteiger partial charge in [-0.05, 0) is 26.0 Å². The Kier molecular flexibility index (Phi) is 3.26. The zero-order chi connectivity index (χ0) is 11.5. The van der Waals surface area contributed by atoms with Crippen LogP contribution in [0, 0.1) is 0 Å². The number of Topliss-reactive ketones (excluding diaryl/α,β-unsaturated/α-hetero) is 1. The molecule has 1 aromatic heterocycles. The zero-order valence-corrected chi connectivity index (χ0v) is 8.52. The zero-order valence-electron chi connectivity index (χ0n) is 8.52. The van der Waals surface area contributed by atoms with E-state index >= 15 is 0 Å². The lowest BCUT2D eigenvalue weighted by Crippen LogP contribution is -2.44. The summed E-state index contributed by atoms with van der Waals surface area (Å²) in [6.07, 6.45) is 1.29. The van der Waals surface area contributed by atoms with E-state index in [1.54, 1.807) is 6.92 Å². The Morgan fingerprint density at radius 2 is 2.27 bits per heavy atom. The maximum absolute atomic E-state index is 11.6. The standard InChI is InChI=1S/C10H12O5/c1-3-14-9(12)10(2,13)8(11)7-5-4-6-15-7/h4-6,13H,3H2,1-2H3. The first kappa shape index (κ1) is 11.5. The van der Waals surface area contributed by atoms with E-state index < -0.39 is 17.4 Å². The van der Waals surface area contributed by atoms with Gasteiger partial charge in [-0.15, -0.1) is 0 Å². The second-order valence-corrected chi connectivity index (χ2v) is 3.10. The van der Waals surface area contributed by atoms with Crippen LogP contribution in [-0.4, -0.2) is 29.1 Å². The van der Waals surface area contributed by atoms with Crippen molar-refractivity contribution in [1.29, 1.82) is 0 Å². The summed E-state index contributed by atoms with van der Waals surface area (Å²) in [7, 11) is 0. The van der Waals surface area contributed by atoms with Gasteiger partial charge in [0.1, 0.15) is 0 Å².